The zero-order chi connectivity index (χ0) is 12.6. The van der Waals surface area contributed by atoms with Gasteiger partial charge in [-0.3, -0.25) is 0 Å². The lowest BCUT2D eigenvalue weighted by Gasteiger charge is -2.34. The van der Waals surface area contributed by atoms with Crippen molar-refractivity contribution in [1.82, 2.24) is 4.90 Å². The molecule has 0 aromatic rings. The Labute approximate surface area is 108 Å². The number of hydrogen-bond acceptors (Lipinski definition) is 2. The number of unbranched alkanes of at least 4 members (excludes halogenated alkanes) is 2. The third kappa shape index (κ3) is 4.97. The van der Waals surface area contributed by atoms with Crippen LogP contribution in [-0.4, -0.2) is 31.1 Å². The normalized spacial score (nSPS) is 19.1. The lowest BCUT2D eigenvalue weighted by atomic mass is 9.85. The van der Waals surface area contributed by atoms with Crippen LogP contribution in [0.3, 0.4) is 0 Å². The zero-order valence-electron chi connectivity index (χ0n) is 12.0. The van der Waals surface area contributed by atoms with Crippen LogP contribution in [0.5, 0.6) is 0 Å². The lowest BCUT2D eigenvalue weighted by molar-refractivity contribution is 0.154. The molecule has 0 aromatic carbocycles. The summed E-state index contributed by atoms with van der Waals surface area (Å²) in [7, 11) is 0. The van der Waals surface area contributed by atoms with Gasteiger partial charge in [-0.1, -0.05) is 39.5 Å². The number of hydrogen-bond donors (Lipinski definition) is 1. The third-order valence-corrected chi connectivity index (χ3v) is 4.31. The lowest BCUT2D eigenvalue weighted by Crippen LogP contribution is -2.41. The molecule has 2 N–H and O–H groups in total. The molecule has 0 aromatic heterocycles. The number of nitrogens with zero attached hydrogens (tertiary/aromatic N) is 1. The molecule has 0 bridgehead atoms. The molecule has 2 nitrogen and oxygen atoms in total. The van der Waals surface area contributed by atoms with Gasteiger partial charge in [-0.25, -0.2) is 0 Å². The fraction of sp³-hybridized carbons (Fsp3) is 1.00. The van der Waals surface area contributed by atoms with Gasteiger partial charge in [0.25, 0.3) is 0 Å². The first-order chi connectivity index (χ1) is 8.26. The van der Waals surface area contributed by atoms with Gasteiger partial charge in [0.05, 0.1) is 0 Å². The molecule has 1 aliphatic rings. The summed E-state index contributed by atoms with van der Waals surface area (Å²) in [5.74, 6) is 0. The van der Waals surface area contributed by atoms with Gasteiger partial charge < -0.3 is 10.6 Å². The van der Waals surface area contributed by atoms with E-state index in [0.717, 1.165) is 6.54 Å². The number of nitrogens with two attached hydrogens (primary N) is 1. The van der Waals surface area contributed by atoms with E-state index in [4.69, 9.17) is 5.73 Å². The summed E-state index contributed by atoms with van der Waals surface area (Å²) < 4.78 is 0. The smallest absolute Gasteiger partial charge is 0.00501 e. The summed E-state index contributed by atoms with van der Waals surface area (Å²) in [4.78, 5) is 2.69. The van der Waals surface area contributed by atoms with E-state index in [9.17, 15) is 0 Å². The standard InChI is InChI=1S/C15H32N2/c1-3-5-11-17(12-6-4-2)14-15(13-16)9-7-8-10-15/h3-14,16H2,1-2H3. The summed E-state index contributed by atoms with van der Waals surface area (Å²) in [6.45, 7) is 9.26. The molecule has 1 fully saturated rings. The Morgan fingerprint density at radius 1 is 1.00 bits per heavy atom. The van der Waals surface area contributed by atoms with Crippen LogP contribution in [0, 0.1) is 5.41 Å². The van der Waals surface area contributed by atoms with Gasteiger partial charge in [0.15, 0.2) is 0 Å². The molecule has 0 saturated heterocycles. The predicted octanol–water partition coefficient (Wildman–Crippen LogP) is 3.41. The second-order valence-corrected chi connectivity index (χ2v) is 5.89. The van der Waals surface area contributed by atoms with Crippen LogP contribution in [0.25, 0.3) is 0 Å². The van der Waals surface area contributed by atoms with Crippen LogP contribution in [0.4, 0.5) is 0 Å². The molecule has 0 atom stereocenters. The van der Waals surface area contributed by atoms with E-state index in [-0.39, 0.29) is 0 Å². The molecule has 2 heteroatoms. The SMILES string of the molecule is CCCCN(CCCC)CC1(CN)CCCC1. The maximum absolute atomic E-state index is 6.05. The van der Waals surface area contributed by atoms with E-state index in [1.165, 1.54) is 71.0 Å². The highest BCUT2D eigenvalue weighted by Gasteiger charge is 2.33. The molecule has 0 radical (unpaired) electrons. The summed E-state index contributed by atoms with van der Waals surface area (Å²) in [5, 5.41) is 0. The van der Waals surface area contributed by atoms with Gasteiger partial charge in [0, 0.05) is 6.54 Å². The van der Waals surface area contributed by atoms with Crippen LogP contribution < -0.4 is 5.73 Å². The van der Waals surface area contributed by atoms with Crippen LogP contribution in [0.15, 0.2) is 0 Å². The highest BCUT2D eigenvalue weighted by Crippen LogP contribution is 2.37. The van der Waals surface area contributed by atoms with Gasteiger partial charge in [-0.05, 0) is 50.7 Å². The molecule has 0 heterocycles. The first-order valence-electron chi connectivity index (χ1n) is 7.69. The highest BCUT2D eigenvalue weighted by molar-refractivity contribution is 4.88. The summed E-state index contributed by atoms with van der Waals surface area (Å²) in [6, 6.07) is 0. The van der Waals surface area contributed by atoms with E-state index >= 15 is 0 Å². The minimum atomic E-state index is 0.460. The van der Waals surface area contributed by atoms with Crippen molar-refractivity contribution in [2.75, 3.05) is 26.2 Å². The molecular formula is C15H32N2. The van der Waals surface area contributed by atoms with E-state index in [1.54, 1.807) is 0 Å². The quantitative estimate of drug-likeness (QED) is 0.669. The Hall–Kier alpha value is -0.0800. The molecule has 0 aliphatic heterocycles. The topological polar surface area (TPSA) is 29.3 Å². The molecule has 1 aliphatic carbocycles. The average Bonchev–Trinajstić information content (AvgIpc) is 2.82. The maximum Gasteiger partial charge on any atom is 0.00501 e. The fourth-order valence-electron chi connectivity index (χ4n) is 3.06. The van der Waals surface area contributed by atoms with Gasteiger partial charge in [-0.15, -0.1) is 0 Å². The molecule has 0 amide bonds. The fourth-order valence-corrected chi connectivity index (χ4v) is 3.06. The minimum absolute atomic E-state index is 0.460. The summed E-state index contributed by atoms with van der Waals surface area (Å²) in [5.41, 5.74) is 6.51. The van der Waals surface area contributed by atoms with Crippen molar-refractivity contribution in [2.45, 2.75) is 65.2 Å². The molecule has 0 spiro atoms. The maximum atomic E-state index is 6.05. The zero-order valence-corrected chi connectivity index (χ0v) is 12.0. The monoisotopic (exact) mass is 240 g/mol. The minimum Gasteiger partial charge on any atom is -0.330 e. The van der Waals surface area contributed by atoms with E-state index in [2.05, 4.69) is 18.7 Å². The summed E-state index contributed by atoms with van der Waals surface area (Å²) in [6.07, 6.45) is 10.8. The second kappa shape index (κ2) is 8.10. The van der Waals surface area contributed by atoms with Crippen molar-refractivity contribution < 1.29 is 0 Å². The van der Waals surface area contributed by atoms with Crippen LogP contribution >= 0.6 is 0 Å². The Bertz CT molecular complexity index is 177. The van der Waals surface area contributed by atoms with Crippen LogP contribution in [0.2, 0.25) is 0 Å². The van der Waals surface area contributed by atoms with Crippen molar-refractivity contribution in [3.8, 4) is 0 Å². The molecule has 1 saturated carbocycles. The number of rotatable bonds is 9. The molecule has 0 unspecified atom stereocenters. The average molecular weight is 240 g/mol. The van der Waals surface area contributed by atoms with Gasteiger partial charge >= 0.3 is 0 Å². The van der Waals surface area contributed by atoms with Crippen molar-refractivity contribution >= 4 is 0 Å². The van der Waals surface area contributed by atoms with E-state index in [1.807, 2.05) is 0 Å². The molecular weight excluding hydrogens is 208 g/mol. The Morgan fingerprint density at radius 2 is 1.53 bits per heavy atom. The van der Waals surface area contributed by atoms with E-state index < -0.39 is 0 Å². The van der Waals surface area contributed by atoms with Crippen LogP contribution in [-0.2, 0) is 0 Å². The Morgan fingerprint density at radius 3 is 1.94 bits per heavy atom. The first-order valence-corrected chi connectivity index (χ1v) is 7.69. The molecule has 1 rings (SSSR count). The van der Waals surface area contributed by atoms with Crippen molar-refractivity contribution in [1.29, 1.82) is 0 Å². The third-order valence-electron chi connectivity index (χ3n) is 4.31. The second-order valence-electron chi connectivity index (χ2n) is 5.89. The van der Waals surface area contributed by atoms with Crippen molar-refractivity contribution in [3.05, 3.63) is 0 Å². The van der Waals surface area contributed by atoms with Crippen molar-refractivity contribution in [3.63, 3.8) is 0 Å². The first kappa shape index (κ1) is 15.0. The van der Waals surface area contributed by atoms with Crippen LogP contribution in [0.1, 0.15) is 65.2 Å². The van der Waals surface area contributed by atoms with Crippen molar-refractivity contribution in [2.24, 2.45) is 11.1 Å². The molecule has 17 heavy (non-hydrogen) atoms. The van der Waals surface area contributed by atoms with Gasteiger partial charge in [0.2, 0.25) is 0 Å². The van der Waals surface area contributed by atoms with Gasteiger partial charge in [-0.2, -0.15) is 0 Å². The van der Waals surface area contributed by atoms with E-state index in [0.29, 0.717) is 5.41 Å². The predicted molar refractivity (Wildman–Crippen MR) is 76.2 cm³/mol. The Kier molecular flexibility index (Phi) is 7.14. The summed E-state index contributed by atoms with van der Waals surface area (Å²) >= 11 is 0. The Balaban J connectivity index is 2.44. The highest BCUT2D eigenvalue weighted by atomic mass is 15.1. The largest absolute Gasteiger partial charge is 0.330 e. The van der Waals surface area contributed by atoms with Gasteiger partial charge in [0.1, 0.15) is 0 Å². The molecule has 102 valence electrons.